The van der Waals surface area contributed by atoms with Gasteiger partial charge in [0.2, 0.25) is 0 Å². The second-order valence-corrected chi connectivity index (χ2v) is 7.61. The Labute approximate surface area is 187 Å². The predicted molar refractivity (Wildman–Crippen MR) is 117 cm³/mol. The zero-order valence-corrected chi connectivity index (χ0v) is 17.5. The molecule has 4 rings (SSSR count). The van der Waals surface area contributed by atoms with Gasteiger partial charge in [0.15, 0.2) is 0 Å². The van der Waals surface area contributed by atoms with Gasteiger partial charge in [0.1, 0.15) is 29.1 Å². The van der Waals surface area contributed by atoms with Gasteiger partial charge in [-0.05, 0) is 30.3 Å². The van der Waals surface area contributed by atoms with Crippen molar-refractivity contribution in [1.29, 1.82) is 0 Å². The molecule has 0 saturated carbocycles. The number of rotatable bonds is 5. The normalized spacial score (nSPS) is 14.2. The number of pyridine rings is 1. The summed E-state index contributed by atoms with van der Waals surface area (Å²) in [5, 5.41) is 4.86. The van der Waals surface area contributed by atoms with Crippen LogP contribution >= 0.6 is 0 Å². The molecule has 0 atom stereocenters. The van der Waals surface area contributed by atoms with Gasteiger partial charge in [-0.1, -0.05) is 6.07 Å². The third-order valence-electron chi connectivity index (χ3n) is 5.29. The summed E-state index contributed by atoms with van der Waals surface area (Å²) in [6.07, 6.45) is 1.48. The Balaban J connectivity index is 1.28. The number of nitrogens with zero attached hydrogens (tertiary/aromatic N) is 3. The summed E-state index contributed by atoms with van der Waals surface area (Å²) in [4.78, 5) is 20.6. The molecular formula is C23H21F4N5O. The predicted octanol–water partition coefficient (Wildman–Crippen LogP) is 4.60. The number of carbonyl (C=O) groups is 1. The molecule has 1 saturated heterocycles. The highest BCUT2D eigenvalue weighted by molar-refractivity contribution is 5.99. The van der Waals surface area contributed by atoms with Gasteiger partial charge >= 0.3 is 6.03 Å². The zero-order chi connectivity index (χ0) is 23.4. The van der Waals surface area contributed by atoms with Gasteiger partial charge in [0, 0.05) is 50.4 Å². The van der Waals surface area contributed by atoms with Crippen LogP contribution < -0.4 is 15.5 Å². The minimum Gasteiger partial charge on any atom is -0.354 e. The molecule has 1 aliphatic rings. The van der Waals surface area contributed by atoms with E-state index in [0.717, 1.165) is 24.0 Å². The second-order valence-electron chi connectivity index (χ2n) is 7.61. The summed E-state index contributed by atoms with van der Waals surface area (Å²) in [5.74, 6) is -2.03. The van der Waals surface area contributed by atoms with Crippen LogP contribution in [-0.4, -0.2) is 42.1 Å². The van der Waals surface area contributed by atoms with Crippen LogP contribution in [0.3, 0.4) is 0 Å². The van der Waals surface area contributed by atoms with Crippen molar-refractivity contribution in [3.8, 4) is 0 Å². The van der Waals surface area contributed by atoms with E-state index >= 15 is 0 Å². The Kier molecular flexibility index (Phi) is 6.74. The van der Waals surface area contributed by atoms with Crippen molar-refractivity contribution < 1.29 is 22.4 Å². The Bertz CT molecular complexity index is 1130. The molecule has 0 bridgehead atoms. The van der Waals surface area contributed by atoms with E-state index in [2.05, 4.69) is 25.4 Å². The molecule has 2 aromatic carbocycles. The van der Waals surface area contributed by atoms with Crippen molar-refractivity contribution in [2.75, 3.05) is 41.7 Å². The first-order valence-corrected chi connectivity index (χ1v) is 10.3. The maximum absolute atomic E-state index is 13.9. The van der Waals surface area contributed by atoms with Crippen LogP contribution in [0.5, 0.6) is 0 Å². The summed E-state index contributed by atoms with van der Waals surface area (Å²) >= 11 is 0. The van der Waals surface area contributed by atoms with Crippen molar-refractivity contribution in [3.05, 3.63) is 83.6 Å². The molecule has 0 unspecified atom stereocenters. The van der Waals surface area contributed by atoms with Crippen LogP contribution in [0.4, 0.5) is 39.5 Å². The maximum atomic E-state index is 13.9. The monoisotopic (exact) mass is 459 g/mol. The van der Waals surface area contributed by atoms with Crippen LogP contribution in [0.2, 0.25) is 0 Å². The first-order chi connectivity index (χ1) is 15.9. The van der Waals surface area contributed by atoms with Crippen LogP contribution in [0.15, 0.2) is 54.7 Å². The van der Waals surface area contributed by atoms with Crippen molar-refractivity contribution in [2.45, 2.75) is 6.54 Å². The Morgan fingerprint density at radius 2 is 1.55 bits per heavy atom. The highest BCUT2D eigenvalue weighted by atomic mass is 19.1. The molecule has 10 heteroatoms. The Morgan fingerprint density at radius 3 is 2.18 bits per heavy atom. The Morgan fingerprint density at radius 1 is 0.848 bits per heavy atom. The van der Waals surface area contributed by atoms with Gasteiger partial charge in [-0.15, -0.1) is 0 Å². The van der Waals surface area contributed by atoms with Gasteiger partial charge in [-0.25, -0.2) is 27.3 Å². The van der Waals surface area contributed by atoms with Crippen LogP contribution in [-0.2, 0) is 6.54 Å². The number of piperazine rings is 1. The van der Waals surface area contributed by atoms with Gasteiger partial charge < -0.3 is 15.5 Å². The van der Waals surface area contributed by atoms with E-state index in [1.54, 1.807) is 12.1 Å². The van der Waals surface area contributed by atoms with Gasteiger partial charge in [-0.2, -0.15) is 0 Å². The Hall–Kier alpha value is -3.66. The first-order valence-electron chi connectivity index (χ1n) is 10.3. The molecule has 0 spiro atoms. The van der Waals surface area contributed by atoms with E-state index in [0.29, 0.717) is 50.0 Å². The van der Waals surface area contributed by atoms with E-state index < -0.39 is 29.3 Å². The number of benzene rings is 2. The quantitative estimate of drug-likeness (QED) is 0.548. The molecule has 1 aliphatic heterocycles. The van der Waals surface area contributed by atoms with Gasteiger partial charge in [0.05, 0.1) is 17.6 Å². The molecule has 6 nitrogen and oxygen atoms in total. The third kappa shape index (κ3) is 5.78. The van der Waals surface area contributed by atoms with Crippen LogP contribution in [0.25, 0.3) is 0 Å². The molecule has 2 heterocycles. The maximum Gasteiger partial charge on any atom is 0.323 e. The summed E-state index contributed by atoms with van der Waals surface area (Å²) in [6.45, 7) is 3.12. The molecule has 0 aliphatic carbocycles. The lowest BCUT2D eigenvalue weighted by Crippen LogP contribution is -2.46. The molecule has 33 heavy (non-hydrogen) atoms. The zero-order valence-electron chi connectivity index (χ0n) is 17.5. The van der Waals surface area contributed by atoms with Crippen molar-refractivity contribution in [1.82, 2.24) is 9.88 Å². The fraction of sp³-hybridized carbons (Fsp3) is 0.217. The van der Waals surface area contributed by atoms with E-state index in [1.807, 2.05) is 0 Å². The van der Waals surface area contributed by atoms with Crippen molar-refractivity contribution >= 4 is 23.2 Å². The number of hydrogen-bond donors (Lipinski definition) is 2. The standard InChI is InChI=1S/C23H21F4N5O/c24-16-2-1-15(19(26)11-16)14-31-7-9-32(10-8-31)22-6-4-18(13-28-22)29-23(33)30-21-5-3-17(25)12-20(21)27/h1-6,11-13H,7-10,14H2,(H2,29,30,33). The molecule has 1 fully saturated rings. The first kappa shape index (κ1) is 22.5. The summed E-state index contributed by atoms with van der Waals surface area (Å²) in [5.41, 5.74) is 0.721. The number of anilines is 3. The van der Waals surface area contributed by atoms with E-state index in [-0.39, 0.29) is 5.69 Å². The fourth-order valence-corrected chi connectivity index (χ4v) is 3.55. The number of nitrogens with one attached hydrogen (secondary N) is 2. The highest BCUT2D eigenvalue weighted by Gasteiger charge is 2.19. The number of hydrogen-bond acceptors (Lipinski definition) is 4. The SMILES string of the molecule is O=C(Nc1ccc(N2CCN(Cc3ccc(F)cc3F)CC2)nc1)Nc1ccc(F)cc1F. The molecule has 0 radical (unpaired) electrons. The topological polar surface area (TPSA) is 60.5 Å². The average molecular weight is 459 g/mol. The molecular weight excluding hydrogens is 438 g/mol. The largest absolute Gasteiger partial charge is 0.354 e. The van der Waals surface area contributed by atoms with Crippen molar-refractivity contribution in [2.24, 2.45) is 0 Å². The van der Waals surface area contributed by atoms with Crippen molar-refractivity contribution in [3.63, 3.8) is 0 Å². The molecule has 3 aromatic rings. The van der Waals surface area contributed by atoms with Gasteiger partial charge in [0.25, 0.3) is 0 Å². The second kappa shape index (κ2) is 9.86. The lowest BCUT2D eigenvalue weighted by Gasteiger charge is -2.35. The minimum absolute atomic E-state index is 0.142. The molecule has 2 amide bonds. The van der Waals surface area contributed by atoms with E-state index in [9.17, 15) is 22.4 Å². The van der Waals surface area contributed by atoms with E-state index in [1.165, 1.54) is 18.3 Å². The van der Waals surface area contributed by atoms with E-state index in [4.69, 9.17) is 0 Å². The molecule has 172 valence electrons. The number of carbonyl (C=O) groups excluding carboxylic acids is 1. The average Bonchev–Trinajstić information content (AvgIpc) is 2.79. The smallest absolute Gasteiger partial charge is 0.323 e. The molecule has 2 N–H and O–H groups in total. The number of aromatic nitrogens is 1. The summed E-state index contributed by atoms with van der Waals surface area (Å²) in [7, 11) is 0. The molecule has 1 aromatic heterocycles. The highest BCUT2D eigenvalue weighted by Crippen LogP contribution is 2.19. The van der Waals surface area contributed by atoms with Gasteiger partial charge in [-0.3, -0.25) is 4.90 Å². The lowest BCUT2D eigenvalue weighted by molar-refractivity contribution is 0.246. The number of amides is 2. The third-order valence-corrected chi connectivity index (χ3v) is 5.29. The van der Waals surface area contributed by atoms with Crippen LogP contribution in [0, 0.1) is 23.3 Å². The summed E-state index contributed by atoms with van der Waals surface area (Å²) < 4.78 is 53.6. The fourth-order valence-electron chi connectivity index (χ4n) is 3.55. The number of urea groups is 1. The minimum atomic E-state index is -0.875. The lowest BCUT2D eigenvalue weighted by atomic mass is 10.1. The number of halogens is 4. The summed E-state index contributed by atoms with van der Waals surface area (Å²) in [6, 6.07) is 9.21. The van der Waals surface area contributed by atoms with Crippen LogP contribution in [0.1, 0.15) is 5.56 Å².